The summed E-state index contributed by atoms with van der Waals surface area (Å²) in [7, 11) is 0. The van der Waals surface area contributed by atoms with E-state index < -0.39 is 0 Å². The molecule has 0 saturated heterocycles. The van der Waals surface area contributed by atoms with Crippen molar-refractivity contribution in [3.8, 4) is 0 Å². The number of hydrogen-bond acceptors (Lipinski definition) is 2. The van der Waals surface area contributed by atoms with Gasteiger partial charge in [-0.15, -0.1) is 12.4 Å². The highest BCUT2D eigenvalue weighted by atomic mass is 35.5. The molecule has 0 aromatic heterocycles. The second-order valence-corrected chi connectivity index (χ2v) is 3.93. The molecule has 2 aliphatic carbocycles. The fraction of sp³-hybridized carbons (Fsp3) is 1.00. The SMILES string of the molecule is Cl.NC[C@]12CC[C@H](C[C@H]1O)C2. The first-order valence-corrected chi connectivity index (χ1v) is 4.15. The van der Waals surface area contributed by atoms with Gasteiger partial charge in [-0.05, 0) is 31.6 Å². The molecule has 0 aromatic rings. The van der Waals surface area contributed by atoms with Crippen molar-refractivity contribution in [3.05, 3.63) is 0 Å². The zero-order valence-electron chi connectivity index (χ0n) is 6.62. The molecule has 2 saturated carbocycles. The first-order chi connectivity index (χ1) is 4.77. The summed E-state index contributed by atoms with van der Waals surface area (Å²) in [4.78, 5) is 0. The third-order valence-corrected chi connectivity index (χ3v) is 3.42. The smallest absolute Gasteiger partial charge is 0.0611 e. The largest absolute Gasteiger partial charge is 0.392 e. The monoisotopic (exact) mass is 177 g/mol. The molecule has 0 aliphatic heterocycles. The van der Waals surface area contributed by atoms with E-state index in [0.29, 0.717) is 6.54 Å². The van der Waals surface area contributed by atoms with Crippen LogP contribution in [0.15, 0.2) is 0 Å². The van der Waals surface area contributed by atoms with Crippen molar-refractivity contribution >= 4 is 12.4 Å². The van der Waals surface area contributed by atoms with Crippen LogP contribution in [0.2, 0.25) is 0 Å². The normalized spacial score (nSPS) is 47.5. The van der Waals surface area contributed by atoms with E-state index in [9.17, 15) is 5.11 Å². The number of fused-ring (bicyclic) bond motifs is 2. The highest BCUT2D eigenvalue weighted by molar-refractivity contribution is 5.85. The molecule has 2 rings (SSSR count). The Morgan fingerprint density at radius 1 is 1.55 bits per heavy atom. The average molecular weight is 178 g/mol. The third kappa shape index (κ3) is 1.17. The minimum atomic E-state index is -0.0868. The lowest BCUT2D eigenvalue weighted by Crippen LogP contribution is -2.37. The van der Waals surface area contributed by atoms with Crippen LogP contribution >= 0.6 is 12.4 Å². The van der Waals surface area contributed by atoms with E-state index in [1.54, 1.807) is 0 Å². The lowest BCUT2D eigenvalue weighted by atomic mass is 9.82. The Labute approximate surface area is 73.6 Å². The molecule has 0 amide bonds. The van der Waals surface area contributed by atoms with Crippen LogP contribution < -0.4 is 5.73 Å². The molecule has 3 atom stereocenters. The third-order valence-electron chi connectivity index (χ3n) is 3.42. The molecular formula is C8H16ClNO. The van der Waals surface area contributed by atoms with Gasteiger partial charge in [-0.1, -0.05) is 0 Å². The van der Waals surface area contributed by atoms with Gasteiger partial charge in [-0.2, -0.15) is 0 Å². The number of hydrogen-bond donors (Lipinski definition) is 2. The number of halogens is 1. The van der Waals surface area contributed by atoms with E-state index in [1.165, 1.54) is 12.8 Å². The fourth-order valence-corrected chi connectivity index (χ4v) is 2.66. The summed E-state index contributed by atoms with van der Waals surface area (Å²) in [5, 5.41) is 9.59. The maximum absolute atomic E-state index is 9.59. The highest BCUT2D eigenvalue weighted by Crippen LogP contribution is 2.53. The van der Waals surface area contributed by atoms with Crippen molar-refractivity contribution in [1.82, 2.24) is 0 Å². The summed E-state index contributed by atoms with van der Waals surface area (Å²) in [6.07, 6.45) is 4.57. The second kappa shape index (κ2) is 2.92. The topological polar surface area (TPSA) is 46.2 Å². The van der Waals surface area contributed by atoms with Gasteiger partial charge in [-0.3, -0.25) is 0 Å². The van der Waals surface area contributed by atoms with Crippen molar-refractivity contribution < 1.29 is 5.11 Å². The lowest BCUT2D eigenvalue weighted by molar-refractivity contribution is 0.0464. The Morgan fingerprint density at radius 2 is 2.27 bits per heavy atom. The molecular weight excluding hydrogens is 162 g/mol. The van der Waals surface area contributed by atoms with Crippen LogP contribution in [0.1, 0.15) is 25.7 Å². The standard InChI is InChI=1S/C8H15NO.ClH/c9-5-8-2-1-6(4-8)3-7(8)10;/h6-7,10H,1-5,9H2;1H/t6-,7-,8-;/m1./s1. The molecule has 0 spiro atoms. The molecule has 11 heavy (non-hydrogen) atoms. The van der Waals surface area contributed by atoms with Crippen LogP contribution in [0.5, 0.6) is 0 Å². The van der Waals surface area contributed by atoms with Crippen LogP contribution in [-0.2, 0) is 0 Å². The Balaban J connectivity index is 0.000000605. The van der Waals surface area contributed by atoms with Crippen molar-refractivity contribution in [1.29, 1.82) is 0 Å². The van der Waals surface area contributed by atoms with Gasteiger partial charge in [0.2, 0.25) is 0 Å². The van der Waals surface area contributed by atoms with Crippen molar-refractivity contribution in [2.75, 3.05) is 6.54 Å². The zero-order valence-corrected chi connectivity index (χ0v) is 7.44. The summed E-state index contributed by atoms with van der Waals surface area (Å²) in [6.45, 7) is 0.685. The quantitative estimate of drug-likeness (QED) is 0.626. The Morgan fingerprint density at radius 3 is 2.55 bits per heavy atom. The van der Waals surface area contributed by atoms with E-state index in [-0.39, 0.29) is 23.9 Å². The summed E-state index contributed by atoms with van der Waals surface area (Å²) >= 11 is 0. The Bertz CT molecular complexity index is 153. The predicted molar refractivity (Wildman–Crippen MR) is 46.7 cm³/mol. The van der Waals surface area contributed by atoms with E-state index >= 15 is 0 Å². The van der Waals surface area contributed by atoms with Gasteiger partial charge < -0.3 is 10.8 Å². The van der Waals surface area contributed by atoms with Crippen molar-refractivity contribution in [2.45, 2.75) is 31.8 Å². The first kappa shape index (κ1) is 9.30. The maximum atomic E-state index is 9.59. The van der Waals surface area contributed by atoms with Gasteiger partial charge in [0.25, 0.3) is 0 Å². The Kier molecular flexibility index (Phi) is 2.47. The minimum absolute atomic E-state index is 0. The Hall–Kier alpha value is 0.210. The molecule has 3 N–H and O–H groups in total. The van der Waals surface area contributed by atoms with Gasteiger partial charge in [0.05, 0.1) is 6.10 Å². The number of aliphatic hydroxyl groups is 1. The highest BCUT2D eigenvalue weighted by Gasteiger charge is 2.50. The fourth-order valence-electron chi connectivity index (χ4n) is 2.66. The number of rotatable bonds is 1. The lowest BCUT2D eigenvalue weighted by Gasteiger charge is -2.29. The molecule has 2 fully saturated rings. The number of nitrogens with two attached hydrogens (primary N) is 1. The van der Waals surface area contributed by atoms with E-state index in [4.69, 9.17) is 5.73 Å². The number of aliphatic hydroxyl groups excluding tert-OH is 1. The van der Waals surface area contributed by atoms with Gasteiger partial charge in [0.15, 0.2) is 0 Å². The second-order valence-electron chi connectivity index (χ2n) is 3.93. The van der Waals surface area contributed by atoms with E-state index in [0.717, 1.165) is 18.8 Å². The van der Waals surface area contributed by atoms with Gasteiger partial charge >= 0.3 is 0 Å². The van der Waals surface area contributed by atoms with E-state index in [1.807, 2.05) is 0 Å². The first-order valence-electron chi connectivity index (χ1n) is 4.15. The summed E-state index contributed by atoms with van der Waals surface area (Å²) in [6, 6.07) is 0. The van der Waals surface area contributed by atoms with Gasteiger partial charge in [0, 0.05) is 12.0 Å². The molecule has 66 valence electrons. The predicted octanol–water partition coefficient (Wildman–Crippen LogP) is 0.918. The van der Waals surface area contributed by atoms with Gasteiger partial charge in [0.1, 0.15) is 0 Å². The molecule has 0 radical (unpaired) electrons. The molecule has 2 nitrogen and oxygen atoms in total. The van der Waals surface area contributed by atoms with Crippen LogP contribution in [0.4, 0.5) is 0 Å². The zero-order chi connectivity index (χ0) is 7.19. The molecule has 3 heteroatoms. The van der Waals surface area contributed by atoms with Crippen LogP contribution in [0.3, 0.4) is 0 Å². The van der Waals surface area contributed by atoms with Crippen LogP contribution in [0.25, 0.3) is 0 Å². The van der Waals surface area contributed by atoms with Gasteiger partial charge in [-0.25, -0.2) is 0 Å². The molecule has 2 bridgehead atoms. The van der Waals surface area contributed by atoms with Crippen LogP contribution in [-0.4, -0.2) is 17.8 Å². The summed E-state index contributed by atoms with van der Waals surface area (Å²) < 4.78 is 0. The molecule has 0 aromatic carbocycles. The maximum Gasteiger partial charge on any atom is 0.0611 e. The molecule has 0 unspecified atom stereocenters. The summed E-state index contributed by atoms with van der Waals surface area (Å²) in [5.74, 6) is 0.790. The summed E-state index contributed by atoms with van der Waals surface area (Å²) in [5.41, 5.74) is 5.78. The minimum Gasteiger partial charge on any atom is -0.392 e. The average Bonchev–Trinajstić information content (AvgIpc) is 2.44. The molecule has 0 heterocycles. The van der Waals surface area contributed by atoms with Crippen molar-refractivity contribution in [2.24, 2.45) is 17.1 Å². The van der Waals surface area contributed by atoms with E-state index in [2.05, 4.69) is 0 Å². The van der Waals surface area contributed by atoms with Crippen LogP contribution in [0, 0.1) is 11.3 Å². The molecule has 2 aliphatic rings. The van der Waals surface area contributed by atoms with Crippen molar-refractivity contribution in [3.63, 3.8) is 0 Å².